The average molecular weight is 400 g/mol. The fraction of sp³-hybridized carbons (Fsp3) is 0.231. The molecule has 10 nitrogen and oxygen atoms in total. The van der Waals surface area contributed by atoms with Gasteiger partial charge in [0.25, 0.3) is 0 Å². The van der Waals surface area contributed by atoms with Crippen molar-refractivity contribution in [3.8, 4) is 0 Å². The van der Waals surface area contributed by atoms with Crippen LogP contribution in [0.15, 0.2) is 33.5 Å². The van der Waals surface area contributed by atoms with Crippen molar-refractivity contribution in [3.05, 3.63) is 39.6 Å². The van der Waals surface area contributed by atoms with Gasteiger partial charge in [0.05, 0.1) is 29.6 Å². The van der Waals surface area contributed by atoms with Crippen molar-refractivity contribution in [1.82, 2.24) is 14.9 Å². The molecule has 13 heteroatoms. The fourth-order valence-electron chi connectivity index (χ4n) is 1.81. The maximum Gasteiger partial charge on any atom is 0.215 e. The summed E-state index contributed by atoms with van der Waals surface area (Å²) in [4.78, 5) is 4.91. The molecule has 2 rings (SSSR count). The van der Waals surface area contributed by atoms with E-state index in [1.807, 2.05) is 0 Å². The first-order valence-electron chi connectivity index (χ1n) is 7.18. The number of aliphatic hydroxyl groups excluding tert-OH is 1. The van der Waals surface area contributed by atoms with Crippen molar-refractivity contribution in [2.75, 3.05) is 18.5 Å². The molecule has 2 aromatic rings. The van der Waals surface area contributed by atoms with Gasteiger partial charge >= 0.3 is 0 Å². The summed E-state index contributed by atoms with van der Waals surface area (Å²) in [6.45, 7) is 0.190. The number of anilines is 1. The molecule has 0 bridgehead atoms. The molecular weight excluding hydrogens is 385 g/mol. The Morgan fingerprint density at radius 2 is 2.27 bits per heavy atom. The summed E-state index contributed by atoms with van der Waals surface area (Å²) < 4.78 is 17.2. The van der Waals surface area contributed by atoms with Crippen LogP contribution in [0.2, 0.25) is 5.02 Å². The molecule has 0 radical (unpaired) electrons. The molecule has 26 heavy (non-hydrogen) atoms. The second kappa shape index (κ2) is 9.70. The maximum absolute atomic E-state index is 13.3. The summed E-state index contributed by atoms with van der Waals surface area (Å²) in [5.41, 5.74) is 13.1. The van der Waals surface area contributed by atoms with Crippen LogP contribution in [0.5, 0.6) is 0 Å². The number of halogens is 2. The molecule has 1 aromatic carbocycles. The molecule has 0 aliphatic rings. The second-order valence-corrected chi connectivity index (χ2v) is 5.94. The smallest absolute Gasteiger partial charge is 0.215 e. The summed E-state index contributed by atoms with van der Waals surface area (Å²) >= 11 is 6.90. The molecule has 0 unspecified atom stereocenters. The van der Waals surface area contributed by atoms with E-state index < -0.39 is 5.82 Å². The number of hydrogen-bond acceptors (Lipinski definition) is 7. The fourth-order valence-corrected chi connectivity index (χ4v) is 2.57. The normalized spacial score (nSPS) is 12.1. The van der Waals surface area contributed by atoms with Crippen molar-refractivity contribution in [2.24, 2.45) is 21.1 Å². The first-order chi connectivity index (χ1) is 12.5. The van der Waals surface area contributed by atoms with E-state index in [2.05, 4.69) is 35.5 Å². The van der Waals surface area contributed by atoms with Crippen LogP contribution in [0.1, 0.15) is 10.6 Å². The number of aliphatic hydroxyl groups is 1. The Labute approximate surface area is 156 Å². The van der Waals surface area contributed by atoms with Crippen molar-refractivity contribution < 1.29 is 9.50 Å². The Balaban J connectivity index is 2.24. The van der Waals surface area contributed by atoms with Gasteiger partial charge < -0.3 is 21.5 Å². The lowest BCUT2D eigenvalue weighted by Crippen LogP contribution is -2.31. The summed E-state index contributed by atoms with van der Waals surface area (Å²) in [6.07, 6.45) is 0. The number of nitrogens with zero attached hydrogens (tertiary/aromatic N) is 5. The van der Waals surface area contributed by atoms with Crippen LogP contribution >= 0.6 is 23.1 Å². The Hall–Kier alpha value is -2.70. The maximum atomic E-state index is 13.3. The highest BCUT2D eigenvalue weighted by atomic mass is 35.5. The Bertz CT molecular complexity index is 826. The van der Waals surface area contributed by atoms with Gasteiger partial charge in [-0.1, -0.05) is 21.2 Å². The highest BCUT2D eigenvalue weighted by Gasteiger charge is 2.16. The Morgan fingerprint density at radius 3 is 2.96 bits per heavy atom. The van der Waals surface area contributed by atoms with Gasteiger partial charge in [-0.3, -0.25) is 4.99 Å². The molecule has 0 fully saturated rings. The third-order valence-electron chi connectivity index (χ3n) is 2.92. The minimum Gasteiger partial charge on any atom is -0.394 e. The number of aromatic nitrogens is 2. The third-order valence-corrected chi connectivity index (χ3v) is 3.93. The predicted octanol–water partition coefficient (Wildman–Crippen LogP) is 1.53. The van der Waals surface area contributed by atoms with Gasteiger partial charge in [0.15, 0.2) is 5.84 Å². The van der Waals surface area contributed by atoms with E-state index in [4.69, 9.17) is 28.0 Å². The molecule has 0 aliphatic carbocycles. The van der Waals surface area contributed by atoms with Crippen LogP contribution in [-0.2, 0) is 6.54 Å². The predicted molar refractivity (Wildman–Crippen MR) is 97.0 cm³/mol. The van der Waals surface area contributed by atoms with Gasteiger partial charge in [0.1, 0.15) is 11.5 Å². The zero-order valence-corrected chi connectivity index (χ0v) is 14.9. The van der Waals surface area contributed by atoms with E-state index in [0.29, 0.717) is 22.1 Å². The molecule has 1 aromatic heterocycles. The first-order valence-corrected chi connectivity index (χ1v) is 8.33. The van der Waals surface area contributed by atoms with Crippen molar-refractivity contribution in [3.63, 3.8) is 0 Å². The van der Waals surface area contributed by atoms with Gasteiger partial charge in [-0.25, -0.2) is 4.39 Å². The Morgan fingerprint density at radius 1 is 1.46 bits per heavy atom. The molecule has 0 amide bonds. The van der Waals surface area contributed by atoms with Gasteiger partial charge in [-0.15, -0.1) is 5.10 Å². The number of nitrogens with two attached hydrogens (primary N) is 1. The number of guanidine groups is 1. The van der Waals surface area contributed by atoms with E-state index in [9.17, 15) is 4.39 Å². The van der Waals surface area contributed by atoms with Gasteiger partial charge in [-0.2, -0.15) is 5.53 Å². The summed E-state index contributed by atoms with van der Waals surface area (Å²) in [5.74, 6) is -0.250. The minimum absolute atomic E-state index is 0.0357. The number of amidine groups is 1. The highest BCUT2D eigenvalue weighted by molar-refractivity contribution is 7.05. The van der Waals surface area contributed by atoms with Crippen LogP contribution in [0, 0.1) is 11.3 Å². The van der Waals surface area contributed by atoms with Gasteiger partial charge in [0, 0.05) is 5.69 Å². The molecule has 6 N–H and O–H groups in total. The average Bonchev–Trinajstić information content (AvgIpc) is 3.08. The first kappa shape index (κ1) is 19.6. The summed E-state index contributed by atoms with van der Waals surface area (Å²) in [5, 5.41) is 25.0. The molecule has 0 aliphatic heterocycles. The molecular formula is C13H15ClFN9OS. The van der Waals surface area contributed by atoms with E-state index in [-0.39, 0.29) is 30.7 Å². The number of benzene rings is 1. The molecule has 1 heterocycles. The molecule has 0 saturated heterocycles. The van der Waals surface area contributed by atoms with Crippen LogP contribution in [-0.4, -0.2) is 39.6 Å². The van der Waals surface area contributed by atoms with E-state index >= 15 is 0 Å². The summed E-state index contributed by atoms with van der Waals surface area (Å²) in [6, 6.07) is 4.12. The van der Waals surface area contributed by atoms with Crippen LogP contribution in [0.4, 0.5) is 10.1 Å². The second-order valence-electron chi connectivity index (χ2n) is 4.69. The number of nitrogens with one attached hydrogen (secondary N) is 3. The number of rotatable bonds is 7. The van der Waals surface area contributed by atoms with Crippen molar-refractivity contribution in [1.29, 1.82) is 5.53 Å². The Kier molecular flexibility index (Phi) is 7.32. The largest absolute Gasteiger partial charge is 0.394 e. The standard InChI is InChI=1S/C13H15ClFN9OS/c14-8-5-7(1-2-9(8)15)20-12(18-3-4-25)11-10(26-24-21-11)6-19-13(16)22-23-17/h1-2,5,25H,3-4,6H2,(H,18,20)(H4,16,17,19,22). The number of hydrogen-bond donors (Lipinski definition) is 5. The van der Waals surface area contributed by atoms with Crippen LogP contribution in [0.25, 0.3) is 0 Å². The topological polar surface area (TPSA) is 157 Å². The molecule has 0 spiro atoms. The van der Waals surface area contributed by atoms with E-state index in [1.54, 1.807) is 0 Å². The minimum atomic E-state index is -0.541. The van der Waals surface area contributed by atoms with Crippen LogP contribution in [0.3, 0.4) is 0 Å². The van der Waals surface area contributed by atoms with Gasteiger partial charge in [0.2, 0.25) is 5.96 Å². The molecule has 0 atom stereocenters. The lowest BCUT2D eigenvalue weighted by atomic mass is 10.2. The molecule has 138 valence electrons. The number of aliphatic imine (C=N–C) groups is 1. The van der Waals surface area contributed by atoms with E-state index in [0.717, 1.165) is 11.5 Å². The SMILES string of the molecule is N=N/N=C(/N)NCc1snnc1/C(=N/CCO)Nc1ccc(F)c(Cl)c1. The summed E-state index contributed by atoms with van der Waals surface area (Å²) in [7, 11) is 0. The quantitative estimate of drug-likeness (QED) is 0.205. The lowest BCUT2D eigenvalue weighted by Gasteiger charge is -2.10. The lowest BCUT2D eigenvalue weighted by molar-refractivity contribution is 0.307. The monoisotopic (exact) mass is 399 g/mol. The van der Waals surface area contributed by atoms with Crippen LogP contribution < -0.4 is 16.4 Å². The van der Waals surface area contributed by atoms with E-state index in [1.165, 1.54) is 18.2 Å². The van der Waals surface area contributed by atoms with Gasteiger partial charge in [-0.05, 0) is 35.0 Å². The van der Waals surface area contributed by atoms with Crippen molar-refractivity contribution in [2.45, 2.75) is 6.54 Å². The third kappa shape index (κ3) is 5.40. The zero-order chi connectivity index (χ0) is 18.9. The highest BCUT2D eigenvalue weighted by Crippen LogP contribution is 2.21. The molecule has 0 saturated carbocycles. The van der Waals surface area contributed by atoms with Crippen molar-refractivity contribution >= 4 is 40.6 Å². The zero-order valence-electron chi connectivity index (χ0n) is 13.3.